The number of aromatic nitrogens is 2. The molecule has 0 saturated heterocycles. The van der Waals surface area contributed by atoms with E-state index in [1.807, 2.05) is 4.90 Å². The number of ether oxygens (including phenoxy) is 1. The van der Waals surface area contributed by atoms with Gasteiger partial charge in [-0.3, -0.25) is 19.8 Å². The summed E-state index contributed by atoms with van der Waals surface area (Å²) in [6.45, 7) is 1.34. The van der Waals surface area contributed by atoms with Crippen LogP contribution in [-0.2, 0) is 19.5 Å². The quantitative estimate of drug-likeness (QED) is 0.532. The minimum atomic E-state index is -0.434. The molecule has 3 aromatic rings. The van der Waals surface area contributed by atoms with Crippen LogP contribution in [-0.4, -0.2) is 33.4 Å². The van der Waals surface area contributed by atoms with Crippen LogP contribution in [0.25, 0.3) is 11.6 Å². The predicted octanol–water partition coefficient (Wildman–Crippen LogP) is 2.50. The van der Waals surface area contributed by atoms with E-state index < -0.39 is 4.92 Å². The van der Waals surface area contributed by atoms with E-state index in [1.165, 1.54) is 13.4 Å². The first kappa shape index (κ1) is 17.9. The predicted molar refractivity (Wildman–Crippen MR) is 100 cm³/mol. The maximum atomic E-state index is 12.6. The van der Waals surface area contributed by atoms with Crippen molar-refractivity contribution >= 4 is 5.69 Å². The van der Waals surface area contributed by atoms with Crippen molar-refractivity contribution in [3.63, 3.8) is 0 Å². The first-order valence-electron chi connectivity index (χ1n) is 8.75. The van der Waals surface area contributed by atoms with Crippen molar-refractivity contribution in [1.29, 1.82) is 0 Å². The maximum absolute atomic E-state index is 12.6. The Hall–Kier alpha value is -3.46. The lowest BCUT2D eigenvalue weighted by Gasteiger charge is -2.27. The molecule has 1 aromatic carbocycles. The Morgan fingerprint density at radius 1 is 1.36 bits per heavy atom. The fourth-order valence-corrected chi connectivity index (χ4v) is 3.45. The average molecular weight is 382 g/mol. The number of furan rings is 1. The summed E-state index contributed by atoms with van der Waals surface area (Å²) < 4.78 is 10.4. The molecule has 2 aromatic heterocycles. The van der Waals surface area contributed by atoms with E-state index >= 15 is 0 Å². The van der Waals surface area contributed by atoms with Crippen molar-refractivity contribution in [2.45, 2.75) is 19.5 Å². The number of nitro groups is 1. The number of rotatable bonds is 5. The van der Waals surface area contributed by atoms with Crippen molar-refractivity contribution in [2.24, 2.45) is 0 Å². The highest BCUT2D eigenvalue weighted by atomic mass is 16.6. The van der Waals surface area contributed by atoms with Gasteiger partial charge in [0.15, 0.2) is 17.3 Å². The van der Waals surface area contributed by atoms with E-state index in [9.17, 15) is 14.9 Å². The molecule has 0 spiro atoms. The summed E-state index contributed by atoms with van der Waals surface area (Å²) in [6, 6.07) is 8.47. The van der Waals surface area contributed by atoms with E-state index in [4.69, 9.17) is 9.15 Å². The molecule has 0 bridgehead atoms. The molecule has 0 amide bonds. The van der Waals surface area contributed by atoms with Crippen molar-refractivity contribution in [3.8, 4) is 17.3 Å². The normalized spacial score (nSPS) is 13.9. The number of H-pyrrole nitrogens is 1. The second-order valence-corrected chi connectivity index (χ2v) is 6.50. The molecule has 9 nitrogen and oxygen atoms in total. The molecule has 0 aliphatic carbocycles. The third-order valence-electron chi connectivity index (χ3n) is 4.78. The first-order valence-corrected chi connectivity index (χ1v) is 8.75. The standard InChI is InChI=1S/C19H18N4O5/c1-27-15-5-2-4-12(17(15)23(25)26)10-22-8-7-14-13(11-22)19(24)21-18(20-14)16-6-3-9-28-16/h2-6,9H,7-8,10-11H2,1H3,(H,20,21,24). The highest BCUT2D eigenvalue weighted by Crippen LogP contribution is 2.32. The Bertz CT molecular complexity index is 1070. The van der Waals surface area contributed by atoms with Gasteiger partial charge in [-0.05, 0) is 18.2 Å². The minimum absolute atomic E-state index is 0.0454. The molecule has 1 aliphatic heterocycles. The van der Waals surface area contributed by atoms with E-state index in [1.54, 1.807) is 30.3 Å². The smallest absolute Gasteiger partial charge is 0.315 e. The van der Waals surface area contributed by atoms with E-state index in [2.05, 4.69) is 9.97 Å². The van der Waals surface area contributed by atoms with Crippen LogP contribution in [0.5, 0.6) is 5.75 Å². The Morgan fingerprint density at radius 2 is 2.21 bits per heavy atom. The number of aromatic amines is 1. The second kappa shape index (κ2) is 7.28. The van der Waals surface area contributed by atoms with Crippen LogP contribution in [0.15, 0.2) is 45.8 Å². The molecule has 0 fully saturated rings. The number of nitro benzene ring substituents is 1. The molecule has 4 rings (SSSR count). The van der Waals surface area contributed by atoms with Gasteiger partial charge in [0.25, 0.3) is 5.56 Å². The zero-order valence-corrected chi connectivity index (χ0v) is 15.2. The molecule has 28 heavy (non-hydrogen) atoms. The SMILES string of the molecule is COc1cccc(CN2CCc3nc(-c4ccco4)[nH]c(=O)c3C2)c1[N+](=O)[O-]. The molecule has 0 radical (unpaired) electrons. The third-order valence-corrected chi connectivity index (χ3v) is 4.78. The molecule has 1 N–H and O–H groups in total. The molecule has 9 heteroatoms. The Morgan fingerprint density at radius 3 is 2.93 bits per heavy atom. The first-order chi connectivity index (χ1) is 13.6. The van der Waals surface area contributed by atoms with Crippen LogP contribution in [0.1, 0.15) is 16.8 Å². The summed E-state index contributed by atoms with van der Waals surface area (Å²) in [5.41, 5.74) is 1.58. The summed E-state index contributed by atoms with van der Waals surface area (Å²) >= 11 is 0. The monoisotopic (exact) mass is 382 g/mol. The van der Waals surface area contributed by atoms with Gasteiger partial charge in [-0.15, -0.1) is 0 Å². The van der Waals surface area contributed by atoms with E-state index in [0.29, 0.717) is 48.8 Å². The molecule has 3 heterocycles. The van der Waals surface area contributed by atoms with E-state index in [-0.39, 0.29) is 17.0 Å². The molecule has 0 saturated carbocycles. The van der Waals surface area contributed by atoms with Crippen molar-refractivity contribution in [3.05, 3.63) is 73.9 Å². The lowest BCUT2D eigenvalue weighted by atomic mass is 10.0. The molecule has 1 aliphatic rings. The number of nitrogens with one attached hydrogen (secondary N) is 1. The average Bonchev–Trinajstić information content (AvgIpc) is 3.22. The maximum Gasteiger partial charge on any atom is 0.315 e. The summed E-state index contributed by atoms with van der Waals surface area (Å²) in [4.78, 5) is 32.9. The van der Waals surface area contributed by atoms with Gasteiger partial charge in [0, 0.05) is 31.6 Å². The fraction of sp³-hybridized carbons (Fsp3) is 0.263. The van der Waals surface area contributed by atoms with Crippen molar-refractivity contribution in [2.75, 3.05) is 13.7 Å². The highest BCUT2D eigenvalue weighted by molar-refractivity contribution is 5.53. The Balaban J connectivity index is 1.61. The summed E-state index contributed by atoms with van der Waals surface area (Å²) in [5, 5.41) is 11.5. The zero-order chi connectivity index (χ0) is 19.7. The van der Waals surface area contributed by atoms with Gasteiger partial charge in [-0.1, -0.05) is 12.1 Å². The summed E-state index contributed by atoms with van der Waals surface area (Å²) in [6.07, 6.45) is 2.10. The van der Waals surface area contributed by atoms with Crippen LogP contribution in [0, 0.1) is 10.1 Å². The van der Waals surface area contributed by atoms with Crippen LogP contribution >= 0.6 is 0 Å². The van der Waals surface area contributed by atoms with Crippen molar-refractivity contribution < 1.29 is 14.1 Å². The molecule has 0 unspecified atom stereocenters. The summed E-state index contributed by atoms with van der Waals surface area (Å²) in [7, 11) is 1.41. The Kier molecular flexibility index (Phi) is 4.66. The largest absolute Gasteiger partial charge is 0.490 e. The van der Waals surface area contributed by atoms with Crippen LogP contribution < -0.4 is 10.3 Å². The number of hydrogen-bond acceptors (Lipinski definition) is 7. The Labute approximate surface area is 159 Å². The number of methoxy groups -OCH3 is 1. The van der Waals surface area contributed by atoms with Gasteiger partial charge in [0.05, 0.1) is 29.6 Å². The number of para-hydroxylation sites is 1. The topological polar surface area (TPSA) is 114 Å². The number of hydrogen-bond donors (Lipinski definition) is 1. The van der Waals surface area contributed by atoms with Gasteiger partial charge >= 0.3 is 5.69 Å². The number of fused-ring (bicyclic) bond motifs is 1. The fourth-order valence-electron chi connectivity index (χ4n) is 3.45. The van der Waals surface area contributed by atoms with Gasteiger partial charge in [-0.2, -0.15) is 0 Å². The van der Waals surface area contributed by atoms with Crippen molar-refractivity contribution in [1.82, 2.24) is 14.9 Å². The lowest BCUT2D eigenvalue weighted by molar-refractivity contribution is -0.386. The van der Waals surface area contributed by atoms with Gasteiger partial charge in [0.2, 0.25) is 0 Å². The number of benzene rings is 1. The van der Waals surface area contributed by atoms with Crippen LogP contribution in [0.4, 0.5) is 5.69 Å². The number of nitrogens with zero attached hydrogens (tertiary/aromatic N) is 3. The molecular formula is C19H18N4O5. The minimum Gasteiger partial charge on any atom is -0.490 e. The van der Waals surface area contributed by atoms with Gasteiger partial charge < -0.3 is 14.1 Å². The van der Waals surface area contributed by atoms with E-state index in [0.717, 1.165) is 5.69 Å². The highest BCUT2D eigenvalue weighted by Gasteiger charge is 2.26. The zero-order valence-electron chi connectivity index (χ0n) is 15.2. The molecule has 0 atom stereocenters. The van der Waals surface area contributed by atoms with Gasteiger partial charge in [0.1, 0.15) is 0 Å². The second-order valence-electron chi connectivity index (χ2n) is 6.50. The third kappa shape index (κ3) is 3.27. The summed E-state index contributed by atoms with van der Waals surface area (Å²) in [5.74, 6) is 1.14. The molecular weight excluding hydrogens is 364 g/mol. The molecule has 144 valence electrons. The van der Waals surface area contributed by atoms with Crippen LogP contribution in [0.2, 0.25) is 0 Å². The lowest BCUT2D eigenvalue weighted by Crippen LogP contribution is -2.35. The van der Waals surface area contributed by atoms with Crippen LogP contribution in [0.3, 0.4) is 0 Å². The van der Waals surface area contributed by atoms with Gasteiger partial charge in [-0.25, -0.2) is 4.98 Å².